The molecule has 4 heteroatoms. The van der Waals surface area contributed by atoms with Crippen molar-refractivity contribution in [3.8, 4) is 39.1 Å². The van der Waals surface area contributed by atoms with Crippen molar-refractivity contribution < 1.29 is 4.42 Å². The van der Waals surface area contributed by atoms with Gasteiger partial charge in [-0.3, -0.25) is 4.99 Å². The summed E-state index contributed by atoms with van der Waals surface area (Å²) >= 11 is 0. The first kappa shape index (κ1) is 46.5. The number of para-hydroxylation sites is 1. The summed E-state index contributed by atoms with van der Waals surface area (Å²) in [6, 6.07) is 66.7. The summed E-state index contributed by atoms with van der Waals surface area (Å²) in [5.74, 6) is 1.82. The number of aryl methyl sites for hydroxylation is 1. The minimum absolute atomic E-state index is 0.135. The molecule has 1 saturated carbocycles. The fourth-order valence-electron chi connectivity index (χ4n) is 11.5. The van der Waals surface area contributed by atoms with E-state index in [-0.39, 0.29) is 11.8 Å². The highest BCUT2D eigenvalue weighted by Crippen LogP contribution is 2.47. The smallest absolute Gasteiger partial charge is 0.136 e. The first-order valence-corrected chi connectivity index (χ1v) is 26.2. The van der Waals surface area contributed by atoms with Crippen LogP contribution in [0.15, 0.2) is 234 Å². The highest BCUT2D eigenvalue weighted by molar-refractivity contribution is 6.11. The van der Waals surface area contributed by atoms with Crippen molar-refractivity contribution in [1.82, 2.24) is 4.57 Å². The van der Waals surface area contributed by atoms with Crippen LogP contribution in [0.2, 0.25) is 0 Å². The Morgan fingerprint density at radius 3 is 2.19 bits per heavy atom. The monoisotopic (exact) mass is 957 g/mol. The molecule has 4 nitrogen and oxygen atoms in total. The molecule has 2 unspecified atom stereocenters. The lowest BCUT2D eigenvalue weighted by Crippen LogP contribution is -2.25. The number of amidine groups is 1. The van der Waals surface area contributed by atoms with Gasteiger partial charge in [-0.1, -0.05) is 164 Å². The molecule has 0 saturated heterocycles. The number of aromatic nitrogens is 1. The summed E-state index contributed by atoms with van der Waals surface area (Å²) in [6.45, 7) is 10.9. The molecule has 1 fully saturated rings. The van der Waals surface area contributed by atoms with Gasteiger partial charge < -0.3 is 8.98 Å². The molecule has 0 amide bonds. The number of aliphatic imine (C=N–C) groups is 2. The number of rotatable bonds is 10. The molecule has 10 aromatic rings. The Balaban J connectivity index is 0.00000275. The number of hydrogen-bond acceptors (Lipinski definition) is 2. The summed E-state index contributed by atoms with van der Waals surface area (Å²) in [4.78, 5) is 10.3. The Bertz CT molecular complexity index is 4010. The lowest BCUT2D eigenvalue weighted by atomic mass is 9.87. The van der Waals surface area contributed by atoms with Gasteiger partial charge in [0.05, 0.1) is 17.6 Å². The van der Waals surface area contributed by atoms with Crippen LogP contribution in [0.3, 0.4) is 0 Å². The largest absolute Gasteiger partial charge is 0.456 e. The van der Waals surface area contributed by atoms with Gasteiger partial charge in [-0.25, -0.2) is 4.99 Å². The van der Waals surface area contributed by atoms with Crippen LogP contribution in [0.1, 0.15) is 72.3 Å². The van der Waals surface area contributed by atoms with Crippen LogP contribution in [0.4, 0.5) is 0 Å². The molecule has 0 N–H and O–H groups in total. The Kier molecular flexibility index (Phi) is 12.6. The summed E-state index contributed by atoms with van der Waals surface area (Å²) in [6.07, 6.45) is 17.7. The van der Waals surface area contributed by atoms with Crippen molar-refractivity contribution in [3.63, 3.8) is 0 Å². The van der Waals surface area contributed by atoms with Crippen LogP contribution in [0.25, 0.3) is 84.0 Å². The third-order valence-corrected chi connectivity index (χ3v) is 15.2. The second kappa shape index (κ2) is 20.1. The molecule has 3 aliphatic rings. The zero-order valence-electron chi connectivity index (χ0n) is 42.2. The summed E-state index contributed by atoms with van der Waals surface area (Å²) < 4.78 is 9.09. The van der Waals surface area contributed by atoms with Crippen molar-refractivity contribution in [3.05, 3.63) is 258 Å². The standard InChI is InChI=1S/C68H55N3O.C2H4/c1-44-17-14-28-56(66(44)58-27-13-12-26-55(58)48-31-32-48)53-34-37-63-60(42-53)59-40-50(33-36-62(59)71(63)54-24-10-5-11-25-54)51-35-38-64-61(41-51)67-57(29-16-30-65(67)72-64)52-23-15-18-46(39-52)43-69-68(49-21-8-4-9-22-49)70-45(2)47-19-6-3-7-20-47;1-2/h3-21,23-30,33-34,36-42,48-49,51H,22,31-32,35,43H2,1-2H3;1-2H2. The predicted octanol–water partition coefficient (Wildman–Crippen LogP) is 16.8. The predicted molar refractivity (Wildman–Crippen MR) is 313 cm³/mol. The lowest BCUT2D eigenvalue weighted by molar-refractivity contribution is 0.570. The Morgan fingerprint density at radius 2 is 1.38 bits per heavy atom. The highest BCUT2D eigenvalue weighted by atomic mass is 16.3. The molecule has 74 heavy (non-hydrogen) atoms. The number of nitrogens with zero attached hydrogens (tertiary/aromatic N) is 3. The summed E-state index contributed by atoms with van der Waals surface area (Å²) in [7, 11) is 0. The van der Waals surface area contributed by atoms with Crippen LogP contribution in [0.5, 0.6) is 0 Å². The molecule has 2 atom stereocenters. The maximum absolute atomic E-state index is 6.66. The van der Waals surface area contributed by atoms with E-state index in [1.807, 2.05) is 6.07 Å². The molecule has 0 radical (unpaired) electrons. The molecular weight excluding hydrogens is 899 g/mol. The van der Waals surface area contributed by atoms with Crippen LogP contribution >= 0.6 is 0 Å². The number of benzene rings is 8. The molecule has 2 aromatic heterocycles. The third-order valence-electron chi connectivity index (χ3n) is 15.2. The SMILES string of the molecule is C=C.CC(=NC(=NCc1cccc(-c2cccc3oc4c(c23)=CC(c2ccc3c(c2)c2cc(-c5cccc(C)c5-c5ccccc5C5CC5)ccc2n3-c2ccccc2)CC=4)c1)C1C=CC=CC1)c1ccccc1. The fourth-order valence-corrected chi connectivity index (χ4v) is 11.5. The molecule has 0 bridgehead atoms. The molecule has 8 aromatic carbocycles. The minimum Gasteiger partial charge on any atom is -0.456 e. The number of fused-ring (bicyclic) bond motifs is 6. The normalized spacial score (nSPS) is 16.4. The van der Waals surface area contributed by atoms with E-state index in [2.05, 4.69) is 244 Å². The van der Waals surface area contributed by atoms with Gasteiger partial charge in [0.1, 0.15) is 16.8 Å². The topological polar surface area (TPSA) is 42.8 Å². The maximum atomic E-state index is 6.66. The van der Waals surface area contributed by atoms with Crippen molar-refractivity contribution in [2.75, 3.05) is 0 Å². The fraction of sp³-hybridized carbons (Fsp3) is 0.143. The number of hydrogen-bond donors (Lipinski definition) is 0. The molecule has 0 spiro atoms. The third kappa shape index (κ3) is 8.81. The molecule has 0 aliphatic heterocycles. The van der Waals surface area contributed by atoms with Crippen LogP contribution in [-0.2, 0) is 6.54 Å². The van der Waals surface area contributed by atoms with Gasteiger partial charge in [-0.2, -0.15) is 0 Å². The minimum atomic E-state index is 0.135. The van der Waals surface area contributed by atoms with Gasteiger partial charge in [-0.05, 0) is 161 Å². The molecular formula is C70H59N3O. The second-order valence-corrected chi connectivity index (χ2v) is 19.9. The van der Waals surface area contributed by atoms with Crippen molar-refractivity contribution in [2.45, 2.75) is 57.9 Å². The van der Waals surface area contributed by atoms with E-state index >= 15 is 0 Å². The van der Waals surface area contributed by atoms with Crippen LogP contribution < -0.4 is 10.6 Å². The van der Waals surface area contributed by atoms with Gasteiger partial charge in [0.2, 0.25) is 0 Å². The van der Waals surface area contributed by atoms with Gasteiger partial charge in [-0.15, -0.1) is 13.2 Å². The summed E-state index contributed by atoms with van der Waals surface area (Å²) in [5.41, 5.74) is 20.3. The molecule has 2 heterocycles. The van der Waals surface area contributed by atoms with E-state index in [0.717, 1.165) is 73.9 Å². The lowest BCUT2D eigenvalue weighted by Gasteiger charge is -2.17. The average Bonchev–Trinajstić information content (AvgIpc) is 4.18. The first-order valence-electron chi connectivity index (χ1n) is 26.2. The van der Waals surface area contributed by atoms with Crippen LogP contribution in [0, 0.1) is 12.8 Å². The maximum Gasteiger partial charge on any atom is 0.136 e. The van der Waals surface area contributed by atoms with Gasteiger partial charge in [0.25, 0.3) is 0 Å². The molecule has 360 valence electrons. The first-order chi connectivity index (χ1) is 36.5. The quantitative estimate of drug-likeness (QED) is 0.0765. The van der Waals surface area contributed by atoms with Crippen molar-refractivity contribution >= 4 is 56.5 Å². The van der Waals surface area contributed by atoms with Crippen LogP contribution in [-0.4, -0.2) is 16.1 Å². The molecule has 13 rings (SSSR count). The molecule has 3 aliphatic carbocycles. The number of furan rings is 1. The highest BCUT2D eigenvalue weighted by Gasteiger charge is 2.28. The zero-order chi connectivity index (χ0) is 50.1. The van der Waals surface area contributed by atoms with Gasteiger partial charge in [0.15, 0.2) is 0 Å². The Labute approximate surface area is 434 Å². The van der Waals surface area contributed by atoms with E-state index < -0.39 is 0 Å². The van der Waals surface area contributed by atoms with E-state index in [1.54, 1.807) is 0 Å². The van der Waals surface area contributed by atoms with E-state index in [9.17, 15) is 0 Å². The Morgan fingerprint density at radius 1 is 0.662 bits per heavy atom. The zero-order valence-corrected chi connectivity index (χ0v) is 42.2. The van der Waals surface area contributed by atoms with Gasteiger partial charge in [0, 0.05) is 44.6 Å². The van der Waals surface area contributed by atoms with Gasteiger partial charge >= 0.3 is 0 Å². The number of allylic oxidation sites excluding steroid dienone is 3. The summed E-state index contributed by atoms with van der Waals surface area (Å²) in [5, 5.41) is 4.84. The van der Waals surface area contributed by atoms with Crippen molar-refractivity contribution in [2.24, 2.45) is 15.9 Å². The van der Waals surface area contributed by atoms with Crippen molar-refractivity contribution in [1.29, 1.82) is 0 Å². The Hall–Kier alpha value is -8.60. The van der Waals surface area contributed by atoms with E-state index in [0.29, 0.717) is 12.5 Å². The van der Waals surface area contributed by atoms with E-state index in [1.165, 1.54) is 73.6 Å². The average molecular weight is 958 g/mol. The second-order valence-electron chi connectivity index (χ2n) is 19.9. The van der Waals surface area contributed by atoms with E-state index in [4.69, 9.17) is 14.4 Å².